The molecule has 2 aromatic rings. The highest BCUT2D eigenvalue weighted by Crippen LogP contribution is 2.36. The minimum absolute atomic E-state index is 0.0963. The predicted molar refractivity (Wildman–Crippen MR) is 75.6 cm³/mol. The van der Waals surface area contributed by atoms with Crippen LogP contribution in [0.3, 0.4) is 0 Å². The molecule has 3 rings (SSSR count). The molecule has 0 aromatic heterocycles. The van der Waals surface area contributed by atoms with Gasteiger partial charge < -0.3 is 4.90 Å². The molecule has 0 fully saturated rings. The highest BCUT2D eigenvalue weighted by Gasteiger charge is 2.22. The molecule has 1 amide bonds. The number of anilines is 1. The van der Waals surface area contributed by atoms with Crippen molar-refractivity contribution in [2.75, 3.05) is 11.4 Å². The van der Waals surface area contributed by atoms with Gasteiger partial charge in [0.05, 0.1) is 5.69 Å². The van der Waals surface area contributed by atoms with Gasteiger partial charge in [-0.25, -0.2) is 0 Å². The van der Waals surface area contributed by atoms with Crippen LogP contribution in [0.4, 0.5) is 5.69 Å². The van der Waals surface area contributed by atoms with Crippen LogP contribution in [-0.4, -0.2) is 12.5 Å². The van der Waals surface area contributed by atoms with Crippen LogP contribution in [0.25, 0.3) is 16.3 Å². The van der Waals surface area contributed by atoms with Crippen LogP contribution in [0, 0.1) is 0 Å². The number of amides is 1. The van der Waals surface area contributed by atoms with Gasteiger partial charge in [-0.05, 0) is 34.9 Å². The molecule has 1 aliphatic heterocycles. The first-order chi connectivity index (χ1) is 8.66. The van der Waals surface area contributed by atoms with Gasteiger partial charge in [-0.1, -0.05) is 30.8 Å². The summed E-state index contributed by atoms with van der Waals surface area (Å²) < 4.78 is 0. The van der Waals surface area contributed by atoms with Crippen molar-refractivity contribution < 1.29 is 4.79 Å². The normalized spacial score (nSPS) is 14.7. The zero-order chi connectivity index (χ0) is 12.7. The fourth-order valence-electron chi connectivity index (χ4n) is 2.56. The number of hydrogen-bond acceptors (Lipinski definition) is 1. The van der Waals surface area contributed by atoms with E-state index in [1.807, 2.05) is 17.0 Å². The minimum atomic E-state index is 0.0963. The van der Waals surface area contributed by atoms with E-state index in [4.69, 9.17) is 0 Å². The van der Waals surface area contributed by atoms with Crippen molar-refractivity contribution in [2.45, 2.75) is 13.3 Å². The lowest BCUT2D eigenvalue weighted by atomic mass is 9.94. The third kappa shape index (κ3) is 1.61. The minimum Gasteiger partial charge on any atom is -0.312 e. The zero-order valence-corrected chi connectivity index (χ0v) is 10.4. The molecule has 0 aliphatic carbocycles. The number of nitrogens with zero attached hydrogens (tertiary/aromatic N) is 1. The van der Waals surface area contributed by atoms with Gasteiger partial charge in [0.25, 0.3) is 0 Å². The first-order valence-electron chi connectivity index (χ1n) is 6.16. The number of benzene rings is 2. The Hall–Kier alpha value is -2.09. The van der Waals surface area contributed by atoms with Gasteiger partial charge in [-0.3, -0.25) is 4.79 Å². The van der Waals surface area contributed by atoms with Gasteiger partial charge in [0.2, 0.25) is 5.91 Å². The maximum absolute atomic E-state index is 11.7. The summed E-state index contributed by atoms with van der Waals surface area (Å²) in [6, 6.07) is 12.5. The Morgan fingerprint density at radius 1 is 1.22 bits per heavy atom. The molecule has 2 nitrogen and oxygen atoms in total. The summed E-state index contributed by atoms with van der Waals surface area (Å²) in [7, 11) is 0. The zero-order valence-electron chi connectivity index (χ0n) is 10.4. The topological polar surface area (TPSA) is 20.3 Å². The molecule has 0 saturated heterocycles. The summed E-state index contributed by atoms with van der Waals surface area (Å²) in [5.74, 6) is 0.0963. The molecular formula is C16H15NO. The Kier molecular flexibility index (Phi) is 2.44. The second-order valence-corrected chi connectivity index (χ2v) is 4.74. The van der Waals surface area contributed by atoms with E-state index in [9.17, 15) is 4.79 Å². The van der Waals surface area contributed by atoms with Crippen LogP contribution in [0.2, 0.25) is 0 Å². The Labute approximate surface area is 107 Å². The number of fused-ring (bicyclic) bond motifs is 2. The molecule has 1 heterocycles. The second-order valence-electron chi connectivity index (χ2n) is 4.74. The lowest BCUT2D eigenvalue weighted by Crippen LogP contribution is -2.33. The van der Waals surface area contributed by atoms with Gasteiger partial charge in [0.15, 0.2) is 0 Å². The maximum Gasteiger partial charge on any atom is 0.223 e. The fraction of sp³-hybridized carbons (Fsp3) is 0.188. The number of rotatable bonds is 0. The lowest BCUT2D eigenvalue weighted by Gasteiger charge is -2.30. The molecule has 0 saturated carbocycles. The van der Waals surface area contributed by atoms with Crippen molar-refractivity contribution in [2.24, 2.45) is 0 Å². The third-order valence-electron chi connectivity index (χ3n) is 3.55. The van der Waals surface area contributed by atoms with Crippen molar-refractivity contribution in [3.8, 4) is 0 Å². The molecule has 0 atom stereocenters. The molecule has 1 aliphatic rings. The summed E-state index contributed by atoms with van der Waals surface area (Å²) in [4.78, 5) is 13.5. The monoisotopic (exact) mass is 237 g/mol. The molecule has 0 radical (unpaired) electrons. The van der Waals surface area contributed by atoms with E-state index in [1.54, 1.807) is 6.92 Å². The van der Waals surface area contributed by atoms with Gasteiger partial charge in [-0.15, -0.1) is 0 Å². The van der Waals surface area contributed by atoms with Gasteiger partial charge >= 0.3 is 0 Å². The summed E-state index contributed by atoms with van der Waals surface area (Å²) in [5, 5.41) is 2.36. The Morgan fingerprint density at radius 3 is 2.56 bits per heavy atom. The van der Waals surface area contributed by atoms with Gasteiger partial charge in [0, 0.05) is 19.0 Å². The molecule has 90 valence electrons. The van der Waals surface area contributed by atoms with Crippen LogP contribution < -0.4 is 4.90 Å². The van der Waals surface area contributed by atoms with Crippen LogP contribution in [-0.2, 0) is 4.79 Å². The van der Waals surface area contributed by atoms with E-state index in [0.717, 1.165) is 35.2 Å². The van der Waals surface area contributed by atoms with E-state index in [2.05, 4.69) is 30.8 Å². The van der Waals surface area contributed by atoms with Crippen LogP contribution in [0.1, 0.15) is 18.9 Å². The molecule has 0 spiro atoms. The molecule has 0 unspecified atom stereocenters. The Morgan fingerprint density at radius 2 is 1.89 bits per heavy atom. The van der Waals surface area contributed by atoms with E-state index >= 15 is 0 Å². The Bertz CT molecular complexity index is 657. The summed E-state index contributed by atoms with van der Waals surface area (Å²) in [6.07, 6.45) is 0.852. The molecule has 18 heavy (non-hydrogen) atoms. The summed E-state index contributed by atoms with van der Waals surface area (Å²) in [6.45, 7) is 6.47. The SMILES string of the molecule is C=C1CCN(C(C)=O)c2cc3ccccc3cc21. The van der Waals surface area contributed by atoms with Gasteiger partial charge in [0.1, 0.15) is 0 Å². The summed E-state index contributed by atoms with van der Waals surface area (Å²) in [5.41, 5.74) is 3.22. The molecular weight excluding hydrogens is 222 g/mol. The number of hydrogen-bond donors (Lipinski definition) is 0. The Balaban J connectivity index is 2.28. The molecule has 2 aromatic carbocycles. The lowest BCUT2D eigenvalue weighted by molar-refractivity contribution is -0.116. The highest BCUT2D eigenvalue weighted by atomic mass is 16.2. The average Bonchev–Trinajstić information content (AvgIpc) is 2.37. The number of carbonyl (C=O) groups excluding carboxylic acids is 1. The van der Waals surface area contributed by atoms with Crippen LogP contribution in [0.15, 0.2) is 43.0 Å². The molecule has 0 bridgehead atoms. The van der Waals surface area contributed by atoms with E-state index < -0.39 is 0 Å². The standard InChI is InChI=1S/C16H15NO/c1-11-7-8-17(12(2)18)16-10-14-6-4-3-5-13(14)9-15(11)16/h3-6,9-10H,1,7-8H2,2H3. The third-order valence-corrected chi connectivity index (χ3v) is 3.55. The second kappa shape index (κ2) is 3.98. The van der Waals surface area contributed by atoms with E-state index in [-0.39, 0.29) is 5.91 Å². The quantitative estimate of drug-likeness (QED) is 0.685. The van der Waals surface area contributed by atoms with Crippen molar-refractivity contribution >= 4 is 27.9 Å². The first-order valence-corrected chi connectivity index (χ1v) is 6.16. The fourth-order valence-corrected chi connectivity index (χ4v) is 2.56. The maximum atomic E-state index is 11.7. The van der Waals surface area contributed by atoms with E-state index in [0.29, 0.717) is 0 Å². The van der Waals surface area contributed by atoms with Gasteiger partial charge in [-0.2, -0.15) is 0 Å². The smallest absolute Gasteiger partial charge is 0.223 e. The van der Waals surface area contributed by atoms with Crippen LogP contribution in [0.5, 0.6) is 0 Å². The molecule has 2 heteroatoms. The highest BCUT2D eigenvalue weighted by molar-refractivity contribution is 6.01. The molecule has 0 N–H and O–H groups in total. The van der Waals surface area contributed by atoms with Crippen molar-refractivity contribution in [1.82, 2.24) is 0 Å². The van der Waals surface area contributed by atoms with Crippen LogP contribution >= 0.6 is 0 Å². The largest absolute Gasteiger partial charge is 0.312 e. The number of carbonyl (C=O) groups is 1. The predicted octanol–water partition coefficient (Wildman–Crippen LogP) is 3.61. The summed E-state index contributed by atoms with van der Waals surface area (Å²) >= 11 is 0. The van der Waals surface area contributed by atoms with E-state index in [1.165, 1.54) is 5.39 Å². The van der Waals surface area contributed by atoms with Crippen molar-refractivity contribution in [3.05, 3.63) is 48.5 Å². The van der Waals surface area contributed by atoms with Crippen molar-refractivity contribution in [3.63, 3.8) is 0 Å². The van der Waals surface area contributed by atoms with Crippen molar-refractivity contribution in [1.29, 1.82) is 0 Å². The first kappa shape index (κ1) is 11.0. The average molecular weight is 237 g/mol.